The number of hydrogen-bond donors (Lipinski definition) is 0. The molecule has 0 radical (unpaired) electrons. The number of hydrogen-bond acceptors (Lipinski definition) is 3. The van der Waals surface area contributed by atoms with E-state index in [-0.39, 0.29) is 0 Å². The second-order valence-electron chi connectivity index (χ2n) is 15.4. The van der Waals surface area contributed by atoms with Gasteiger partial charge in [0.2, 0.25) is 0 Å². The van der Waals surface area contributed by atoms with Gasteiger partial charge in [0.05, 0.1) is 8.07 Å². The van der Waals surface area contributed by atoms with Gasteiger partial charge < -0.3 is 13.7 Å². The van der Waals surface area contributed by atoms with E-state index < -0.39 is 8.07 Å². The molecule has 0 bridgehead atoms. The largest absolute Gasteiger partial charge is 0.456 e. The van der Waals surface area contributed by atoms with Crippen LogP contribution < -0.4 is 10.1 Å². The van der Waals surface area contributed by atoms with Crippen molar-refractivity contribution < 1.29 is 8.83 Å². The molecule has 0 unspecified atom stereocenters. The number of rotatable bonds is 7. The van der Waals surface area contributed by atoms with Crippen LogP contribution in [0.3, 0.4) is 0 Å². The maximum atomic E-state index is 6.53. The zero-order chi connectivity index (χ0) is 37.1. The van der Waals surface area contributed by atoms with Crippen LogP contribution in [0, 0.1) is 0 Å². The van der Waals surface area contributed by atoms with E-state index in [1.54, 1.807) is 0 Å². The molecule has 3 nitrogen and oxygen atoms in total. The molecular weight excluding hydrogens is 687 g/mol. The van der Waals surface area contributed by atoms with Crippen LogP contribution >= 0.6 is 0 Å². The summed E-state index contributed by atoms with van der Waals surface area (Å²) in [5.74, 6) is 0. The van der Waals surface area contributed by atoms with Gasteiger partial charge in [0.1, 0.15) is 22.3 Å². The molecule has 2 aromatic heterocycles. The molecule has 0 amide bonds. The minimum Gasteiger partial charge on any atom is -0.456 e. The Labute approximate surface area is 321 Å². The van der Waals surface area contributed by atoms with Gasteiger partial charge in [-0.1, -0.05) is 128 Å². The second kappa shape index (κ2) is 13.0. The molecular formula is C51H39NO2Si. The van der Waals surface area contributed by atoms with Crippen molar-refractivity contribution in [2.45, 2.75) is 19.6 Å². The summed E-state index contributed by atoms with van der Waals surface area (Å²) in [6.07, 6.45) is 4.28. The standard InChI is InChI=1S/C51H39NO2Si/c1-55(2,3)51-29-28-40(41-16-10-11-17-46(41)51)36-22-26-44-42-24-20-34(30-47(42)53-49(44)32-36)18-19-35-21-25-43-45-27-23-39(33-50(45)54-48(43)31-35)52(37-12-6-4-7-13-37)38-14-8-5-9-15-38/h4-33H,1-3H3/b19-18+. The molecule has 55 heavy (non-hydrogen) atoms. The van der Waals surface area contributed by atoms with Crippen LogP contribution in [0.4, 0.5) is 17.1 Å². The Kier molecular flexibility index (Phi) is 7.82. The third-order valence-electron chi connectivity index (χ3n) is 10.8. The van der Waals surface area contributed by atoms with Crippen LogP contribution in [0.5, 0.6) is 0 Å². The lowest BCUT2D eigenvalue weighted by Crippen LogP contribution is -2.38. The van der Waals surface area contributed by atoms with Gasteiger partial charge in [-0.3, -0.25) is 0 Å². The third kappa shape index (κ3) is 5.92. The van der Waals surface area contributed by atoms with Gasteiger partial charge in [0.15, 0.2) is 0 Å². The number of furan rings is 2. The quantitative estimate of drug-likeness (QED) is 0.121. The van der Waals surface area contributed by atoms with Crippen LogP contribution in [-0.4, -0.2) is 8.07 Å². The molecule has 0 atom stereocenters. The summed E-state index contributed by atoms with van der Waals surface area (Å²) in [6.45, 7) is 7.25. The topological polar surface area (TPSA) is 29.5 Å². The first kappa shape index (κ1) is 33.0. The van der Waals surface area contributed by atoms with Crippen molar-refractivity contribution in [3.05, 3.63) is 181 Å². The third-order valence-corrected chi connectivity index (χ3v) is 12.8. The fraction of sp³-hybridized carbons (Fsp3) is 0.0588. The van der Waals surface area contributed by atoms with Gasteiger partial charge in [0.25, 0.3) is 0 Å². The van der Waals surface area contributed by atoms with Crippen LogP contribution in [-0.2, 0) is 0 Å². The van der Waals surface area contributed by atoms with Gasteiger partial charge in [-0.15, -0.1) is 0 Å². The summed E-state index contributed by atoms with van der Waals surface area (Å²) in [7, 11) is -1.50. The SMILES string of the molecule is C[Si](C)(C)c1ccc(-c2ccc3c(c2)oc2cc(/C=C/c4ccc5c(c4)oc4cc(N(c6ccccc6)c6ccccc6)ccc45)ccc23)c2ccccc12. The maximum Gasteiger partial charge on any atom is 0.137 e. The Morgan fingerprint density at radius 2 is 0.891 bits per heavy atom. The summed E-state index contributed by atoms with van der Waals surface area (Å²) < 4.78 is 13.0. The molecule has 0 saturated carbocycles. The number of nitrogens with zero attached hydrogens (tertiary/aromatic N) is 1. The normalized spacial score (nSPS) is 12.2. The Morgan fingerprint density at radius 3 is 1.47 bits per heavy atom. The highest BCUT2D eigenvalue weighted by Crippen LogP contribution is 2.39. The van der Waals surface area contributed by atoms with Gasteiger partial charge in [0, 0.05) is 44.7 Å². The van der Waals surface area contributed by atoms with E-state index in [4.69, 9.17) is 8.83 Å². The average Bonchev–Trinajstić information content (AvgIpc) is 3.76. The zero-order valence-electron chi connectivity index (χ0n) is 31.1. The van der Waals surface area contributed by atoms with Crippen LogP contribution in [0.15, 0.2) is 179 Å². The first-order valence-corrected chi connectivity index (χ1v) is 22.4. The molecule has 0 spiro atoms. The molecule has 0 aliphatic heterocycles. The lowest BCUT2D eigenvalue weighted by molar-refractivity contribution is 0.668. The predicted octanol–water partition coefficient (Wildman–Crippen LogP) is 14.5. The summed E-state index contributed by atoms with van der Waals surface area (Å²) in [6, 6.07) is 60.4. The van der Waals surface area contributed by atoms with E-state index in [2.05, 4.69) is 194 Å². The summed E-state index contributed by atoms with van der Waals surface area (Å²) >= 11 is 0. The zero-order valence-corrected chi connectivity index (χ0v) is 32.1. The van der Waals surface area contributed by atoms with Crippen molar-refractivity contribution in [2.24, 2.45) is 0 Å². The second-order valence-corrected chi connectivity index (χ2v) is 20.4. The van der Waals surface area contributed by atoms with Gasteiger partial charge in [-0.05, 0) is 106 Å². The minimum atomic E-state index is -1.50. The van der Waals surface area contributed by atoms with E-state index >= 15 is 0 Å². The monoisotopic (exact) mass is 725 g/mol. The van der Waals surface area contributed by atoms with Gasteiger partial charge >= 0.3 is 0 Å². The van der Waals surface area contributed by atoms with Crippen molar-refractivity contribution in [1.82, 2.24) is 0 Å². The number of benzene rings is 8. The molecule has 10 aromatic rings. The highest BCUT2D eigenvalue weighted by atomic mass is 28.3. The molecule has 0 aliphatic rings. The van der Waals surface area contributed by atoms with Crippen molar-refractivity contribution in [3.63, 3.8) is 0 Å². The van der Waals surface area contributed by atoms with E-state index in [1.165, 1.54) is 27.1 Å². The van der Waals surface area contributed by atoms with Crippen LogP contribution in [0.1, 0.15) is 11.1 Å². The summed E-state index contributed by atoms with van der Waals surface area (Å²) in [5.41, 5.74) is 11.3. The molecule has 0 saturated heterocycles. The Bertz CT molecular complexity index is 3040. The fourth-order valence-electron chi connectivity index (χ4n) is 8.09. The molecule has 0 aliphatic carbocycles. The van der Waals surface area contributed by atoms with Crippen LogP contribution in [0.25, 0.3) is 77.9 Å². The maximum absolute atomic E-state index is 6.53. The van der Waals surface area contributed by atoms with Crippen molar-refractivity contribution in [1.29, 1.82) is 0 Å². The van der Waals surface area contributed by atoms with Crippen LogP contribution in [0.2, 0.25) is 19.6 Å². The number of para-hydroxylation sites is 2. The lowest BCUT2D eigenvalue weighted by atomic mass is 9.97. The van der Waals surface area contributed by atoms with Crippen molar-refractivity contribution in [3.8, 4) is 11.1 Å². The van der Waals surface area contributed by atoms with Crippen molar-refractivity contribution in [2.75, 3.05) is 4.90 Å². The molecule has 4 heteroatoms. The molecule has 10 rings (SSSR count). The Hall–Kier alpha value is -6.62. The van der Waals surface area contributed by atoms with Crippen molar-refractivity contribution >= 4 is 97.1 Å². The minimum absolute atomic E-state index is 0.862. The first-order valence-electron chi connectivity index (χ1n) is 18.9. The molecule has 0 N–H and O–H groups in total. The number of fused-ring (bicyclic) bond motifs is 7. The molecule has 8 aromatic carbocycles. The highest BCUT2D eigenvalue weighted by Gasteiger charge is 2.21. The smallest absolute Gasteiger partial charge is 0.137 e. The predicted molar refractivity (Wildman–Crippen MR) is 237 cm³/mol. The fourth-order valence-corrected chi connectivity index (χ4v) is 9.70. The van der Waals surface area contributed by atoms with E-state index in [0.717, 1.165) is 72.1 Å². The number of anilines is 3. The van der Waals surface area contributed by atoms with Gasteiger partial charge in [-0.2, -0.15) is 0 Å². The van der Waals surface area contributed by atoms with E-state index in [1.807, 2.05) is 12.1 Å². The molecule has 0 fully saturated rings. The Morgan fingerprint density at radius 1 is 0.400 bits per heavy atom. The molecule has 2 heterocycles. The molecule has 264 valence electrons. The summed E-state index contributed by atoms with van der Waals surface area (Å²) in [4.78, 5) is 2.26. The summed E-state index contributed by atoms with van der Waals surface area (Å²) in [5, 5.41) is 8.62. The Balaban J connectivity index is 0.951. The van der Waals surface area contributed by atoms with E-state index in [0.29, 0.717) is 0 Å². The highest BCUT2D eigenvalue weighted by molar-refractivity contribution is 6.90. The average molecular weight is 726 g/mol. The lowest BCUT2D eigenvalue weighted by Gasteiger charge is -2.25. The van der Waals surface area contributed by atoms with E-state index in [9.17, 15) is 0 Å². The first-order chi connectivity index (χ1) is 26.9. The van der Waals surface area contributed by atoms with Gasteiger partial charge in [-0.25, -0.2) is 0 Å².